The van der Waals surface area contributed by atoms with Gasteiger partial charge in [0, 0.05) is 28.2 Å². The minimum atomic E-state index is -3.02. The molecule has 2 aromatic carbocycles. The standard InChI is InChI=1S/C30H29Cl2F2NO4/c1-3-23(31)22(24(32)4-2)16-27(38-29(36)17-35-14-13-20-7-5-6-8-25(20)35)21-11-12-26(39-30(33)34)28(15-21)37-18-19-9-10-19/h3-8,11-15,19,27,30H,1,9-10,16-18H2,2H3/b23-22+,24-4+/t27-/m0/s1. The first-order chi connectivity index (χ1) is 18.8. The Morgan fingerprint density at radius 3 is 2.62 bits per heavy atom. The van der Waals surface area contributed by atoms with Crippen LogP contribution >= 0.6 is 23.2 Å². The lowest BCUT2D eigenvalue weighted by Gasteiger charge is -2.22. The number of allylic oxidation sites excluding steroid dienone is 4. The molecule has 1 fully saturated rings. The van der Waals surface area contributed by atoms with Crippen LogP contribution in [0.4, 0.5) is 8.78 Å². The Bertz CT molecular complexity index is 1390. The highest BCUT2D eigenvalue weighted by molar-refractivity contribution is 6.36. The van der Waals surface area contributed by atoms with Gasteiger partial charge in [0.05, 0.1) is 6.61 Å². The second kappa shape index (κ2) is 13.2. The van der Waals surface area contributed by atoms with Crippen molar-refractivity contribution in [3.63, 3.8) is 0 Å². The summed E-state index contributed by atoms with van der Waals surface area (Å²) in [6, 6.07) is 14.1. The average molecular weight is 576 g/mol. The zero-order valence-electron chi connectivity index (χ0n) is 21.4. The second-order valence-corrected chi connectivity index (χ2v) is 10.0. The maximum Gasteiger partial charge on any atom is 0.387 e. The van der Waals surface area contributed by atoms with Crippen molar-refractivity contribution in [2.24, 2.45) is 5.92 Å². The van der Waals surface area contributed by atoms with Gasteiger partial charge in [-0.15, -0.1) is 0 Å². The van der Waals surface area contributed by atoms with Crippen LogP contribution in [0.5, 0.6) is 11.5 Å². The first-order valence-corrected chi connectivity index (χ1v) is 13.3. The Labute approximate surface area is 236 Å². The number of rotatable bonds is 13. The first kappa shape index (κ1) is 28.7. The van der Waals surface area contributed by atoms with E-state index in [4.69, 9.17) is 32.7 Å². The van der Waals surface area contributed by atoms with Crippen LogP contribution in [0.15, 0.2) is 89.1 Å². The van der Waals surface area contributed by atoms with E-state index in [2.05, 4.69) is 11.3 Å². The van der Waals surface area contributed by atoms with Crippen LogP contribution in [0.3, 0.4) is 0 Å². The van der Waals surface area contributed by atoms with Crippen molar-refractivity contribution in [1.29, 1.82) is 0 Å². The lowest BCUT2D eigenvalue weighted by atomic mass is 9.99. The Kier molecular flexibility index (Phi) is 9.70. The van der Waals surface area contributed by atoms with Gasteiger partial charge in [-0.1, -0.05) is 66.2 Å². The monoisotopic (exact) mass is 575 g/mol. The van der Waals surface area contributed by atoms with Crippen LogP contribution in [0.25, 0.3) is 10.9 Å². The first-order valence-electron chi connectivity index (χ1n) is 12.6. The van der Waals surface area contributed by atoms with E-state index in [0.717, 1.165) is 23.7 Å². The van der Waals surface area contributed by atoms with E-state index in [1.807, 2.05) is 36.5 Å². The number of hydrogen-bond donors (Lipinski definition) is 0. The minimum absolute atomic E-state index is 0.0345. The molecule has 4 rings (SSSR count). The maximum absolute atomic E-state index is 13.2. The molecule has 0 aliphatic heterocycles. The normalized spacial score (nSPS) is 15.2. The predicted octanol–water partition coefficient (Wildman–Crippen LogP) is 8.53. The number of nitrogens with zero attached hydrogens (tertiary/aromatic N) is 1. The van der Waals surface area contributed by atoms with Gasteiger partial charge in [-0.3, -0.25) is 4.79 Å². The van der Waals surface area contributed by atoms with Crippen molar-refractivity contribution < 1.29 is 27.8 Å². The number of esters is 1. The smallest absolute Gasteiger partial charge is 0.387 e. The van der Waals surface area contributed by atoms with E-state index < -0.39 is 18.7 Å². The summed E-state index contributed by atoms with van der Waals surface area (Å²) in [7, 11) is 0. The van der Waals surface area contributed by atoms with Crippen molar-refractivity contribution in [3.05, 3.63) is 94.7 Å². The van der Waals surface area contributed by atoms with E-state index in [1.54, 1.807) is 29.7 Å². The molecule has 9 heteroatoms. The molecule has 0 bridgehead atoms. The molecule has 0 unspecified atom stereocenters. The van der Waals surface area contributed by atoms with Gasteiger partial charge in [-0.05, 0) is 66.5 Å². The van der Waals surface area contributed by atoms with E-state index in [9.17, 15) is 13.6 Å². The SMILES string of the molecule is C=C/C(Cl)=C(C[C@H](OC(=O)Cn1ccc2ccccc21)c1ccc(OC(F)F)c(OCC2CC2)c1)\C(Cl)=C/C. The van der Waals surface area contributed by atoms with Crippen molar-refractivity contribution >= 4 is 40.1 Å². The Morgan fingerprint density at radius 1 is 1.15 bits per heavy atom. The fourth-order valence-electron chi connectivity index (χ4n) is 4.16. The molecule has 0 amide bonds. The number of fused-ring (bicyclic) bond motifs is 1. The summed E-state index contributed by atoms with van der Waals surface area (Å²) in [6.45, 7) is 2.81. The minimum Gasteiger partial charge on any atom is -0.489 e. The molecule has 5 nitrogen and oxygen atoms in total. The molecule has 1 atom stereocenters. The van der Waals surface area contributed by atoms with Gasteiger partial charge in [-0.2, -0.15) is 8.78 Å². The zero-order valence-corrected chi connectivity index (χ0v) is 22.9. The Morgan fingerprint density at radius 2 is 1.92 bits per heavy atom. The van der Waals surface area contributed by atoms with Gasteiger partial charge in [0.2, 0.25) is 0 Å². The summed E-state index contributed by atoms with van der Waals surface area (Å²) in [5.41, 5.74) is 1.93. The highest BCUT2D eigenvalue weighted by atomic mass is 35.5. The van der Waals surface area contributed by atoms with Crippen LogP contribution < -0.4 is 9.47 Å². The number of halogens is 4. The molecule has 1 aliphatic carbocycles. The number of benzene rings is 2. The quantitative estimate of drug-likeness (QED) is 0.151. The van der Waals surface area contributed by atoms with E-state index in [0.29, 0.717) is 33.7 Å². The summed E-state index contributed by atoms with van der Waals surface area (Å²) < 4.78 is 44.4. The van der Waals surface area contributed by atoms with E-state index in [1.165, 1.54) is 12.1 Å². The molecular formula is C30H29Cl2F2NO4. The summed E-state index contributed by atoms with van der Waals surface area (Å²) in [4.78, 5) is 13.2. The van der Waals surface area contributed by atoms with Crippen molar-refractivity contribution in [3.8, 4) is 11.5 Å². The van der Waals surface area contributed by atoms with Crippen LogP contribution in [0.1, 0.15) is 37.9 Å². The van der Waals surface area contributed by atoms with Crippen LogP contribution in [-0.4, -0.2) is 23.8 Å². The number of carbonyl (C=O) groups is 1. The van der Waals surface area contributed by atoms with Gasteiger partial charge >= 0.3 is 12.6 Å². The Balaban J connectivity index is 1.66. The molecule has 0 radical (unpaired) electrons. The number of hydrogen-bond acceptors (Lipinski definition) is 4. The molecule has 1 aliphatic rings. The molecule has 0 saturated heterocycles. The van der Waals surface area contributed by atoms with Crippen LogP contribution in [-0.2, 0) is 16.1 Å². The molecular weight excluding hydrogens is 547 g/mol. The predicted molar refractivity (Wildman–Crippen MR) is 149 cm³/mol. The number of carbonyl (C=O) groups excluding carboxylic acids is 1. The van der Waals surface area contributed by atoms with E-state index in [-0.39, 0.29) is 24.5 Å². The number of para-hydroxylation sites is 1. The molecule has 39 heavy (non-hydrogen) atoms. The van der Waals surface area contributed by atoms with Crippen LogP contribution in [0.2, 0.25) is 0 Å². The number of aromatic nitrogens is 1. The third-order valence-corrected chi connectivity index (χ3v) is 7.21. The fourth-order valence-corrected chi connectivity index (χ4v) is 4.56. The number of ether oxygens (including phenoxy) is 3. The second-order valence-electron chi connectivity index (χ2n) is 9.19. The molecule has 0 N–H and O–H groups in total. The third kappa shape index (κ3) is 7.64. The van der Waals surface area contributed by atoms with Crippen molar-refractivity contribution in [2.75, 3.05) is 6.61 Å². The average Bonchev–Trinajstić information content (AvgIpc) is 3.68. The fraction of sp³-hybridized carbons (Fsp3) is 0.300. The summed E-state index contributed by atoms with van der Waals surface area (Å²) in [6.07, 6.45) is 6.25. The van der Waals surface area contributed by atoms with Gasteiger partial charge < -0.3 is 18.8 Å². The van der Waals surface area contributed by atoms with Gasteiger partial charge in [-0.25, -0.2) is 0 Å². The molecule has 1 aromatic heterocycles. The highest BCUT2D eigenvalue weighted by Gasteiger charge is 2.26. The highest BCUT2D eigenvalue weighted by Crippen LogP contribution is 2.39. The molecule has 1 heterocycles. The van der Waals surface area contributed by atoms with Gasteiger partial charge in [0.1, 0.15) is 12.6 Å². The Hall–Kier alpha value is -3.29. The summed E-state index contributed by atoms with van der Waals surface area (Å²) in [5.74, 6) is -0.0628. The van der Waals surface area contributed by atoms with Crippen LogP contribution in [0, 0.1) is 5.92 Å². The lowest BCUT2D eigenvalue weighted by molar-refractivity contribution is -0.150. The summed E-state index contributed by atoms with van der Waals surface area (Å²) >= 11 is 12.9. The van der Waals surface area contributed by atoms with Crippen molar-refractivity contribution in [1.82, 2.24) is 4.57 Å². The van der Waals surface area contributed by atoms with Crippen molar-refractivity contribution in [2.45, 2.75) is 45.4 Å². The number of alkyl halides is 2. The molecule has 1 saturated carbocycles. The topological polar surface area (TPSA) is 49.7 Å². The van der Waals surface area contributed by atoms with Gasteiger partial charge in [0.25, 0.3) is 0 Å². The third-order valence-electron chi connectivity index (χ3n) is 6.38. The lowest BCUT2D eigenvalue weighted by Crippen LogP contribution is -2.18. The molecule has 206 valence electrons. The van der Waals surface area contributed by atoms with Gasteiger partial charge in [0.15, 0.2) is 11.5 Å². The van der Waals surface area contributed by atoms with E-state index >= 15 is 0 Å². The zero-order chi connectivity index (χ0) is 27.9. The molecule has 3 aromatic rings. The summed E-state index contributed by atoms with van der Waals surface area (Å²) in [5, 5.41) is 1.68. The molecule has 0 spiro atoms. The maximum atomic E-state index is 13.2. The largest absolute Gasteiger partial charge is 0.489 e.